The second-order valence-electron chi connectivity index (χ2n) is 7.32. The molecule has 4 rings (SSSR count). The largest absolute Gasteiger partial charge is 0.366 e. The molecule has 0 saturated heterocycles. The van der Waals surface area contributed by atoms with Gasteiger partial charge in [0.05, 0.1) is 6.54 Å². The lowest BCUT2D eigenvalue weighted by molar-refractivity contribution is 0.0950. The Morgan fingerprint density at radius 3 is 2.81 bits per heavy atom. The summed E-state index contributed by atoms with van der Waals surface area (Å²) in [4.78, 5) is 21.1. The number of fused-ring (bicyclic) bond motifs is 1. The van der Waals surface area contributed by atoms with E-state index in [9.17, 15) is 9.18 Å². The number of nitrogens with one attached hydrogen (secondary N) is 2. The van der Waals surface area contributed by atoms with Crippen molar-refractivity contribution in [3.63, 3.8) is 0 Å². The summed E-state index contributed by atoms with van der Waals surface area (Å²) < 4.78 is 18.5. The number of hydrogen-bond acceptors (Lipinski definition) is 6. The molecule has 164 valence electrons. The number of benzene rings is 2. The van der Waals surface area contributed by atoms with E-state index in [1.807, 2.05) is 24.3 Å². The molecule has 2 N–H and O–H groups in total. The van der Waals surface area contributed by atoms with Gasteiger partial charge < -0.3 is 15.2 Å². The maximum atomic E-state index is 13.3. The number of amides is 1. The van der Waals surface area contributed by atoms with Crippen molar-refractivity contribution in [2.45, 2.75) is 32.4 Å². The standard InChI is InChI=1S/C23H21ClFN5O2/c1-2-17(9-14-3-5-15(24)6-4-14)29-22-19(11-26-13-28-22)23(31)27-12-20-18-8-7-16(25)10-21(18)32-30-20/h3-8,10-11,13,17H,2,9,12H2,1H3,(H,27,31)(H,26,28,29). The van der Waals surface area contributed by atoms with E-state index in [1.165, 1.54) is 24.7 Å². The van der Waals surface area contributed by atoms with Crippen molar-refractivity contribution in [1.29, 1.82) is 0 Å². The number of anilines is 1. The van der Waals surface area contributed by atoms with Crippen LogP contribution in [0.1, 0.15) is 35.0 Å². The van der Waals surface area contributed by atoms with Crippen LogP contribution in [0.4, 0.5) is 10.2 Å². The molecule has 7 nitrogen and oxygen atoms in total. The summed E-state index contributed by atoms with van der Waals surface area (Å²) in [6.45, 7) is 2.18. The average molecular weight is 454 g/mol. The number of carbonyl (C=O) groups is 1. The Labute approximate surface area is 189 Å². The van der Waals surface area contributed by atoms with Gasteiger partial charge in [-0.2, -0.15) is 0 Å². The van der Waals surface area contributed by atoms with E-state index in [2.05, 4.69) is 32.7 Å². The van der Waals surface area contributed by atoms with Crippen molar-refractivity contribution in [1.82, 2.24) is 20.4 Å². The Bertz CT molecular complexity index is 1230. The minimum Gasteiger partial charge on any atom is -0.366 e. The van der Waals surface area contributed by atoms with Gasteiger partial charge in [0, 0.05) is 28.7 Å². The molecule has 32 heavy (non-hydrogen) atoms. The van der Waals surface area contributed by atoms with Crippen molar-refractivity contribution in [2.75, 3.05) is 5.32 Å². The zero-order valence-corrected chi connectivity index (χ0v) is 18.1. The van der Waals surface area contributed by atoms with Crippen molar-refractivity contribution >= 4 is 34.3 Å². The molecule has 1 atom stereocenters. The highest BCUT2D eigenvalue weighted by Gasteiger charge is 2.17. The Kier molecular flexibility index (Phi) is 6.61. The predicted molar refractivity (Wildman–Crippen MR) is 120 cm³/mol. The van der Waals surface area contributed by atoms with Gasteiger partial charge in [0.1, 0.15) is 29.2 Å². The SMILES string of the molecule is CCC(Cc1ccc(Cl)cc1)Nc1ncncc1C(=O)NCc1noc2cc(F)ccc12. The lowest BCUT2D eigenvalue weighted by Gasteiger charge is -2.19. The number of halogens is 2. The van der Waals surface area contributed by atoms with E-state index in [0.29, 0.717) is 33.1 Å². The van der Waals surface area contributed by atoms with Gasteiger partial charge in [-0.15, -0.1) is 0 Å². The van der Waals surface area contributed by atoms with Crippen LogP contribution in [0.15, 0.2) is 59.5 Å². The van der Waals surface area contributed by atoms with Crippen LogP contribution < -0.4 is 10.6 Å². The van der Waals surface area contributed by atoms with Crippen LogP contribution in [0.3, 0.4) is 0 Å². The van der Waals surface area contributed by atoms with E-state index >= 15 is 0 Å². The third kappa shape index (κ3) is 5.03. The molecule has 0 spiro atoms. The molecule has 0 saturated carbocycles. The topological polar surface area (TPSA) is 92.9 Å². The molecule has 2 heterocycles. The number of hydrogen-bond donors (Lipinski definition) is 2. The summed E-state index contributed by atoms with van der Waals surface area (Å²) in [6, 6.07) is 11.9. The first-order valence-electron chi connectivity index (χ1n) is 10.2. The summed E-state index contributed by atoms with van der Waals surface area (Å²) in [6.07, 6.45) is 4.44. The lowest BCUT2D eigenvalue weighted by atomic mass is 10.0. The van der Waals surface area contributed by atoms with Gasteiger partial charge in [-0.05, 0) is 42.7 Å². The first kappa shape index (κ1) is 21.7. The van der Waals surface area contributed by atoms with E-state index < -0.39 is 5.82 Å². The molecular weight excluding hydrogens is 433 g/mol. The molecule has 2 aromatic heterocycles. The molecule has 0 aliphatic heterocycles. The monoisotopic (exact) mass is 453 g/mol. The Morgan fingerprint density at radius 2 is 2.03 bits per heavy atom. The lowest BCUT2D eigenvalue weighted by Crippen LogP contribution is -2.28. The van der Waals surface area contributed by atoms with Crippen molar-refractivity contribution in [2.24, 2.45) is 0 Å². The fraction of sp³-hybridized carbons (Fsp3) is 0.217. The van der Waals surface area contributed by atoms with Gasteiger partial charge in [-0.25, -0.2) is 14.4 Å². The van der Waals surface area contributed by atoms with Gasteiger partial charge in [-0.1, -0.05) is 35.8 Å². The summed E-state index contributed by atoms with van der Waals surface area (Å²) in [5.41, 5.74) is 2.28. The number of aromatic nitrogens is 3. The van der Waals surface area contributed by atoms with Gasteiger partial charge >= 0.3 is 0 Å². The van der Waals surface area contributed by atoms with E-state index in [0.717, 1.165) is 18.4 Å². The molecule has 0 radical (unpaired) electrons. The van der Waals surface area contributed by atoms with Crippen LogP contribution >= 0.6 is 11.6 Å². The Balaban J connectivity index is 1.45. The first-order valence-corrected chi connectivity index (χ1v) is 10.5. The molecule has 0 aliphatic carbocycles. The van der Waals surface area contributed by atoms with Crippen molar-refractivity contribution < 1.29 is 13.7 Å². The highest BCUT2D eigenvalue weighted by Crippen LogP contribution is 2.20. The van der Waals surface area contributed by atoms with Crippen LogP contribution in [0.2, 0.25) is 5.02 Å². The fourth-order valence-corrected chi connectivity index (χ4v) is 3.48. The molecule has 2 aromatic carbocycles. The van der Waals surface area contributed by atoms with Gasteiger partial charge in [0.2, 0.25) is 0 Å². The zero-order valence-electron chi connectivity index (χ0n) is 17.3. The summed E-state index contributed by atoms with van der Waals surface area (Å²) in [5.74, 6) is -0.316. The zero-order chi connectivity index (χ0) is 22.5. The maximum Gasteiger partial charge on any atom is 0.256 e. The number of carbonyl (C=O) groups excluding carboxylic acids is 1. The quantitative estimate of drug-likeness (QED) is 0.399. The average Bonchev–Trinajstić information content (AvgIpc) is 3.20. The number of rotatable bonds is 8. The Hall–Kier alpha value is -3.52. The van der Waals surface area contributed by atoms with Gasteiger partial charge in [0.15, 0.2) is 5.58 Å². The van der Waals surface area contributed by atoms with Crippen LogP contribution in [0, 0.1) is 5.82 Å². The molecule has 0 aliphatic rings. The molecule has 1 amide bonds. The number of nitrogens with zero attached hydrogens (tertiary/aromatic N) is 3. The highest BCUT2D eigenvalue weighted by molar-refractivity contribution is 6.30. The van der Waals surface area contributed by atoms with E-state index in [4.69, 9.17) is 16.1 Å². The second-order valence-corrected chi connectivity index (χ2v) is 7.75. The third-order valence-corrected chi connectivity index (χ3v) is 5.36. The second kappa shape index (κ2) is 9.74. The molecule has 4 aromatic rings. The van der Waals surface area contributed by atoms with Gasteiger partial charge in [0.25, 0.3) is 5.91 Å². The smallest absolute Gasteiger partial charge is 0.256 e. The third-order valence-electron chi connectivity index (χ3n) is 5.11. The summed E-state index contributed by atoms with van der Waals surface area (Å²) in [5, 5.41) is 11.4. The van der Waals surface area contributed by atoms with Crippen LogP contribution in [-0.4, -0.2) is 27.1 Å². The first-order chi connectivity index (χ1) is 15.5. The minimum absolute atomic E-state index is 0.0620. The van der Waals surface area contributed by atoms with Crippen molar-refractivity contribution in [3.05, 3.63) is 82.6 Å². The summed E-state index contributed by atoms with van der Waals surface area (Å²) >= 11 is 5.97. The van der Waals surface area contributed by atoms with Crippen LogP contribution in [-0.2, 0) is 13.0 Å². The molecular formula is C23H21ClFN5O2. The van der Waals surface area contributed by atoms with E-state index in [-0.39, 0.29) is 18.5 Å². The Morgan fingerprint density at radius 1 is 1.22 bits per heavy atom. The fourth-order valence-electron chi connectivity index (χ4n) is 3.36. The summed E-state index contributed by atoms with van der Waals surface area (Å²) in [7, 11) is 0. The van der Waals surface area contributed by atoms with Crippen LogP contribution in [0.25, 0.3) is 11.0 Å². The van der Waals surface area contributed by atoms with E-state index in [1.54, 1.807) is 6.07 Å². The normalized spacial score (nSPS) is 12.0. The van der Waals surface area contributed by atoms with Gasteiger partial charge in [-0.3, -0.25) is 4.79 Å². The molecule has 9 heteroatoms. The predicted octanol–water partition coefficient (Wildman–Crippen LogP) is 4.77. The highest BCUT2D eigenvalue weighted by atomic mass is 35.5. The molecule has 0 fully saturated rings. The van der Waals surface area contributed by atoms with Crippen molar-refractivity contribution in [3.8, 4) is 0 Å². The molecule has 1 unspecified atom stereocenters. The van der Waals surface area contributed by atoms with Crippen LogP contribution in [0.5, 0.6) is 0 Å². The minimum atomic E-state index is -0.412. The maximum absolute atomic E-state index is 13.3. The molecule has 0 bridgehead atoms.